The van der Waals surface area contributed by atoms with Crippen LogP contribution in [0.1, 0.15) is 37.3 Å². The molecule has 4 atom stereocenters. The highest BCUT2D eigenvalue weighted by Gasteiger charge is 2.63. The predicted molar refractivity (Wildman–Crippen MR) is 131 cm³/mol. The van der Waals surface area contributed by atoms with E-state index in [-0.39, 0.29) is 23.1 Å². The smallest absolute Gasteiger partial charge is 0.320 e. The minimum Gasteiger partial charge on any atom is -0.508 e. The molecular weight excluding hydrogens is 484 g/mol. The molecule has 3 heterocycles. The number of nitrogens with zero attached hydrogens (tertiary/aromatic N) is 4. The van der Waals surface area contributed by atoms with Crippen molar-refractivity contribution < 1.29 is 19.5 Å². The van der Waals surface area contributed by atoms with Crippen LogP contribution in [0.15, 0.2) is 54.6 Å². The molecule has 2 fully saturated rings. The number of para-hydroxylation sites is 1. The Labute approximate surface area is 210 Å². The van der Waals surface area contributed by atoms with Crippen LogP contribution in [0, 0.1) is 0 Å². The molecule has 0 radical (unpaired) electrons. The number of phenolic OH excluding ortho intramolecular Hbond substituents is 1. The van der Waals surface area contributed by atoms with E-state index in [2.05, 4.69) is 36.6 Å². The first-order valence-corrected chi connectivity index (χ1v) is 12.1. The Morgan fingerprint density at radius 3 is 2.53 bits per heavy atom. The second kappa shape index (κ2) is 9.15. The number of hydrogen-bond acceptors (Lipinski definition) is 8. The molecule has 5 N–H and O–H groups in total. The van der Waals surface area contributed by atoms with E-state index in [1.165, 1.54) is 24.3 Å². The maximum absolute atomic E-state index is 13.4. The van der Waals surface area contributed by atoms with Gasteiger partial charge in [0.2, 0.25) is 11.8 Å². The molecule has 2 aliphatic heterocycles. The summed E-state index contributed by atoms with van der Waals surface area (Å²) < 4.78 is -0.398. The van der Waals surface area contributed by atoms with E-state index in [0.717, 1.165) is 0 Å². The first-order valence-electron chi connectivity index (χ1n) is 11.2. The van der Waals surface area contributed by atoms with Crippen molar-refractivity contribution in [2.24, 2.45) is 0 Å². The van der Waals surface area contributed by atoms with Crippen LogP contribution in [0.25, 0.3) is 0 Å². The van der Waals surface area contributed by atoms with E-state index in [9.17, 15) is 19.5 Å². The van der Waals surface area contributed by atoms with Gasteiger partial charge in [0, 0.05) is 10.4 Å². The standard InChI is InChI=1S/C23H24N8O4S/c1-23(2)17(18-27-29-30-28-18)31-20(34)16(21(31)36-23)25-19(33)15(12-8-10-14(32)11-9-12)26-22(35)24-13-6-4-3-5-7-13/h3-11,15-17,21,32H,1-2H3,(H,25,33)(H2,24,26,35)(H,27,28,29,30). The number of carbonyl (C=O) groups excluding carboxylic acids is 3. The molecule has 0 saturated carbocycles. The number of anilines is 1. The minimum atomic E-state index is -1.11. The molecule has 3 aromatic rings. The summed E-state index contributed by atoms with van der Waals surface area (Å²) in [5.41, 5.74) is 1.00. The average molecular weight is 509 g/mol. The fourth-order valence-electron chi connectivity index (χ4n) is 4.50. The number of urea groups is 1. The van der Waals surface area contributed by atoms with E-state index < -0.39 is 28.8 Å². The van der Waals surface area contributed by atoms with Crippen molar-refractivity contribution >= 4 is 35.3 Å². The van der Waals surface area contributed by atoms with Gasteiger partial charge in [0.25, 0.3) is 0 Å². The first kappa shape index (κ1) is 23.6. The number of benzene rings is 2. The van der Waals surface area contributed by atoms with Gasteiger partial charge in [-0.15, -0.1) is 16.9 Å². The number of nitrogens with one attached hydrogen (secondary N) is 4. The number of carbonyl (C=O) groups is 3. The van der Waals surface area contributed by atoms with Crippen LogP contribution in [-0.2, 0) is 9.59 Å². The minimum absolute atomic E-state index is 0.0222. The van der Waals surface area contributed by atoms with E-state index in [0.29, 0.717) is 17.1 Å². The highest BCUT2D eigenvalue weighted by atomic mass is 32.2. The largest absolute Gasteiger partial charge is 0.508 e. The third-order valence-electron chi connectivity index (χ3n) is 6.16. The van der Waals surface area contributed by atoms with E-state index in [1.807, 2.05) is 19.9 Å². The van der Waals surface area contributed by atoms with E-state index >= 15 is 0 Å². The van der Waals surface area contributed by atoms with Crippen molar-refractivity contribution in [2.45, 2.75) is 42.1 Å². The normalized spacial score (nSPS) is 22.8. The molecule has 2 aliphatic rings. The summed E-state index contributed by atoms with van der Waals surface area (Å²) in [5, 5.41) is 31.5. The number of aromatic nitrogens is 4. The molecule has 0 spiro atoms. The Kier molecular flexibility index (Phi) is 6.00. The molecule has 13 heteroatoms. The molecule has 0 bridgehead atoms. The molecule has 4 unspecified atom stereocenters. The van der Waals surface area contributed by atoms with Crippen LogP contribution in [0.5, 0.6) is 5.75 Å². The summed E-state index contributed by atoms with van der Waals surface area (Å²) in [5.74, 6) is -0.306. The van der Waals surface area contributed by atoms with Gasteiger partial charge in [-0.1, -0.05) is 30.3 Å². The molecule has 2 saturated heterocycles. The number of tetrazole rings is 1. The van der Waals surface area contributed by atoms with Gasteiger partial charge >= 0.3 is 6.03 Å². The number of hydrogen-bond donors (Lipinski definition) is 5. The number of rotatable bonds is 6. The van der Waals surface area contributed by atoms with Crippen LogP contribution in [0.4, 0.5) is 10.5 Å². The SMILES string of the molecule is CC1(C)SC2C(NC(=O)C(NC(=O)Nc3ccccc3)c3ccc(O)cc3)C(=O)N2C1c1nnn[nH]1. The number of aromatic amines is 1. The lowest BCUT2D eigenvalue weighted by atomic mass is 9.95. The van der Waals surface area contributed by atoms with Gasteiger partial charge in [-0.3, -0.25) is 9.59 Å². The fourth-order valence-corrected chi connectivity index (χ4v) is 6.13. The zero-order valence-electron chi connectivity index (χ0n) is 19.4. The number of fused-ring (bicyclic) bond motifs is 1. The van der Waals surface area contributed by atoms with Crippen molar-refractivity contribution in [3.8, 4) is 5.75 Å². The second-order valence-corrected chi connectivity index (χ2v) is 10.8. The zero-order valence-corrected chi connectivity index (χ0v) is 20.2. The number of phenols is 1. The summed E-state index contributed by atoms with van der Waals surface area (Å²) in [7, 11) is 0. The molecule has 186 valence electrons. The van der Waals surface area contributed by atoms with Gasteiger partial charge in [0.1, 0.15) is 29.2 Å². The molecule has 12 nitrogen and oxygen atoms in total. The Hall–Kier alpha value is -4.13. The summed E-state index contributed by atoms with van der Waals surface area (Å²) in [4.78, 5) is 40.9. The van der Waals surface area contributed by atoms with E-state index in [4.69, 9.17) is 0 Å². The summed E-state index contributed by atoms with van der Waals surface area (Å²) in [6.07, 6.45) is 0. The lowest BCUT2D eigenvalue weighted by molar-refractivity contribution is -0.152. The van der Waals surface area contributed by atoms with Gasteiger partial charge in [-0.05, 0) is 54.1 Å². The van der Waals surface area contributed by atoms with Crippen molar-refractivity contribution in [1.82, 2.24) is 36.2 Å². The van der Waals surface area contributed by atoms with Gasteiger partial charge in [0.05, 0.1) is 0 Å². The Morgan fingerprint density at radius 1 is 1.14 bits per heavy atom. The summed E-state index contributed by atoms with van der Waals surface area (Å²) in [6, 6.07) is 11.9. The molecular formula is C23H24N8O4S. The van der Waals surface area contributed by atoms with Gasteiger partial charge in [-0.2, -0.15) is 0 Å². The van der Waals surface area contributed by atoms with E-state index in [1.54, 1.807) is 40.9 Å². The number of thioether (sulfide) groups is 1. The van der Waals surface area contributed by atoms with Gasteiger partial charge < -0.3 is 26.0 Å². The average Bonchev–Trinajstić information content (AvgIpc) is 3.46. The summed E-state index contributed by atoms with van der Waals surface area (Å²) in [6.45, 7) is 3.98. The maximum atomic E-state index is 13.4. The molecule has 0 aliphatic carbocycles. The Morgan fingerprint density at radius 2 is 1.86 bits per heavy atom. The zero-order chi connectivity index (χ0) is 25.4. The third kappa shape index (κ3) is 4.33. The van der Waals surface area contributed by atoms with Crippen molar-refractivity contribution in [3.63, 3.8) is 0 Å². The number of aromatic hydroxyl groups is 1. The topological polar surface area (TPSA) is 165 Å². The van der Waals surface area contributed by atoms with Crippen LogP contribution >= 0.6 is 11.8 Å². The molecule has 5 rings (SSSR count). The Bertz CT molecular complexity index is 1270. The number of β-lactam (4-membered cyclic amide) rings is 1. The van der Waals surface area contributed by atoms with Crippen molar-refractivity contribution in [2.75, 3.05) is 5.32 Å². The molecule has 36 heavy (non-hydrogen) atoms. The molecule has 2 aromatic carbocycles. The third-order valence-corrected chi connectivity index (χ3v) is 7.73. The fraction of sp³-hybridized carbons (Fsp3) is 0.304. The van der Waals surface area contributed by atoms with Crippen LogP contribution in [0.2, 0.25) is 0 Å². The lowest BCUT2D eigenvalue weighted by Crippen LogP contribution is -2.68. The molecule has 1 aromatic heterocycles. The monoisotopic (exact) mass is 508 g/mol. The Balaban J connectivity index is 1.33. The van der Waals surface area contributed by atoms with Crippen LogP contribution in [0.3, 0.4) is 0 Å². The summed E-state index contributed by atoms with van der Waals surface area (Å²) >= 11 is 1.55. The number of amides is 4. The first-order chi connectivity index (χ1) is 17.2. The van der Waals surface area contributed by atoms with Gasteiger partial charge in [-0.25, -0.2) is 9.89 Å². The quantitative estimate of drug-likeness (QED) is 0.314. The second-order valence-electron chi connectivity index (χ2n) is 9.02. The lowest BCUT2D eigenvalue weighted by Gasteiger charge is -2.44. The molecule has 4 amide bonds. The van der Waals surface area contributed by atoms with Crippen molar-refractivity contribution in [1.29, 1.82) is 0 Å². The van der Waals surface area contributed by atoms with Gasteiger partial charge in [0.15, 0.2) is 5.82 Å². The highest BCUT2D eigenvalue weighted by molar-refractivity contribution is 8.01. The van der Waals surface area contributed by atoms with Crippen LogP contribution < -0.4 is 16.0 Å². The maximum Gasteiger partial charge on any atom is 0.320 e. The van der Waals surface area contributed by atoms with Crippen LogP contribution in [-0.4, -0.2) is 64.6 Å². The number of H-pyrrole nitrogens is 1. The highest BCUT2D eigenvalue weighted by Crippen LogP contribution is 2.56. The van der Waals surface area contributed by atoms with Crippen molar-refractivity contribution in [3.05, 3.63) is 66.0 Å². The predicted octanol–water partition coefficient (Wildman–Crippen LogP) is 1.69.